The molecule has 0 saturated carbocycles. The predicted octanol–water partition coefficient (Wildman–Crippen LogP) is 4.13. The molecule has 0 N–H and O–H groups in total. The van der Waals surface area contributed by atoms with Crippen molar-refractivity contribution in [3.05, 3.63) is 77.6 Å². The molecule has 0 radical (unpaired) electrons. The van der Waals surface area contributed by atoms with E-state index >= 15 is 0 Å². The van der Waals surface area contributed by atoms with Crippen LogP contribution in [0.4, 0.5) is 0 Å². The first-order valence-corrected chi connectivity index (χ1v) is 11.4. The Kier molecular flexibility index (Phi) is 6.63. The Morgan fingerprint density at radius 1 is 1.09 bits per heavy atom. The molecule has 1 atom stereocenters. The number of amides is 2. The summed E-state index contributed by atoms with van der Waals surface area (Å²) in [5.74, 6) is 0.738. The average Bonchev–Trinajstić information content (AvgIpc) is 3.29. The lowest BCUT2D eigenvalue weighted by Crippen LogP contribution is -2.54. The molecule has 2 amide bonds. The number of nitrogens with zero attached hydrogens (tertiary/aromatic N) is 3. The van der Waals surface area contributed by atoms with Crippen molar-refractivity contribution in [3.8, 4) is 11.3 Å². The Labute approximate surface area is 195 Å². The SMILES string of the molecule is Cc1ccc(CC(=O)N2CCC[C@@](Cc3cc(-c4ccccc4)no3)(C(=O)N(C)C)C2)cc1. The number of likely N-dealkylation sites (tertiary alicyclic amines) is 1. The highest BCUT2D eigenvalue weighted by Crippen LogP contribution is 2.36. The second kappa shape index (κ2) is 9.61. The summed E-state index contributed by atoms with van der Waals surface area (Å²) in [6, 6.07) is 19.8. The van der Waals surface area contributed by atoms with Crippen LogP contribution >= 0.6 is 0 Å². The van der Waals surface area contributed by atoms with Crippen LogP contribution in [0.2, 0.25) is 0 Å². The van der Waals surface area contributed by atoms with E-state index in [1.165, 1.54) is 5.56 Å². The van der Waals surface area contributed by atoms with Crippen LogP contribution < -0.4 is 0 Å². The van der Waals surface area contributed by atoms with Crippen LogP contribution in [0.15, 0.2) is 65.2 Å². The highest BCUT2D eigenvalue weighted by molar-refractivity contribution is 5.85. The fourth-order valence-electron chi connectivity index (χ4n) is 4.68. The summed E-state index contributed by atoms with van der Waals surface area (Å²) in [6.07, 6.45) is 2.24. The summed E-state index contributed by atoms with van der Waals surface area (Å²) in [5, 5.41) is 4.22. The summed E-state index contributed by atoms with van der Waals surface area (Å²) in [7, 11) is 3.54. The van der Waals surface area contributed by atoms with Crippen molar-refractivity contribution in [3.63, 3.8) is 0 Å². The van der Waals surface area contributed by atoms with E-state index in [1.807, 2.05) is 72.5 Å². The van der Waals surface area contributed by atoms with Crippen molar-refractivity contribution in [2.45, 2.75) is 32.6 Å². The number of carbonyl (C=O) groups excluding carboxylic acids is 2. The largest absolute Gasteiger partial charge is 0.361 e. The van der Waals surface area contributed by atoms with E-state index in [4.69, 9.17) is 4.52 Å². The molecule has 1 fully saturated rings. The first kappa shape index (κ1) is 22.8. The Balaban J connectivity index is 1.55. The molecule has 4 rings (SSSR count). The molecule has 6 nitrogen and oxygen atoms in total. The molecular formula is C27H31N3O3. The molecule has 1 aromatic heterocycles. The van der Waals surface area contributed by atoms with Gasteiger partial charge >= 0.3 is 0 Å². The van der Waals surface area contributed by atoms with Crippen molar-refractivity contribution in [2.75, 3.05) is 27.2 Å². The van der Waals surface area contributed by atoms with Gasteiger partial charge < -0.3 is 14.3 Å². The molecule has 3 aromatic rings. The van der Waals surface area contributed by atoms with E-state index in [-0.39, 0.29) is 11.8 Å². The maximum atomic E-state index is 13.4. The third kappa shape index (κ3) is 5.16. The number of carbonyl (C=O) groups is 2. The zero-order chi connectivity index (χ0) is 23.4. The van der Waals surface area contributed by atoms with Crippen molar-refractivity contribution >= 4 is 11.8 Å². The number of aromatic nitrogens is 1. The van der Waals surface area contributed by atoms with Gasteiger partial charge in [-0.3, -0.25) is 9.59 Å². The van der Waals surface area contributed by atoms with Gasteiger partial charge in [-0.15, -0.1) is 0 Å². The van der Waals surface area contributed by atoms with E-state index in [2.05, 4.69) is 5.16 Å². The Morgan fingerprint density at radius 2 is 1.82 bits per heavy atom. The van der Waals surface area contributed by atoms with Gasteiger partial charge in [0.25, 0.3) is 0 Å². The summed E-state index contributed by atoms with van der Waals surface area (Å²) in [6.45, 7) is 3.08. The van der Waals surface area contributed by atoms with Crippen molar-refractivity contribution in [2.24, 2.45) is 5.41 Å². The lowest BCUT2D eigenvalue weighted by atomic mass is 9.75. The van der Waals surface area contributed by atoms with Gasteiger partial charge in [0.05, 0.1) is 11.8 Å². The highest BCUT2D eigenvalue weighted by Gasteiger charge is 2.45. The maximum Gasteiger partial charge on any atom is 0.230 e. The monoisotopic (exact) mass is 445 g/mol. The average molecular weight is 446 g/mol. The molecule has 0 aliphatic carbocycles. The van der Waals surface area contributed by atoms with Crippen LogP contribution in [0.25, 0.3) is 11.3 Å². The van der Waals surface area contributed by atoms with Crippen LogP contribution in [0.5, 0.6) is 0 Å². The minimum Gasteiger partial charge on any atom is -0.361 e. The fourth-order valence-corrected chi connectivity index (χ4v) is 4.68. The van der Waals surface area contributed by atoms with Crippen LogP contribution in [-0.2, 0) is 22.4 Å². The number of aryl methyl sites for hydroxylation is 1. The lowest BCUT2D eigenvalue weighted by molar-refractivity contribution is -0.147. The molecule has 33 heavy (non-hydrogen) atoms. The zero-order valence-corrected chi connectivity index (χ0v) is 19.6. The molecule has 0 unspecified atom stereocenters. The van der Waals surface area contributed by atoms with Crippen LogP contribution in [0, 0.1) is 12.3 Å². The second-order valence-electron chi connectivity index (χ2n) is 9.28. The minimum absolute atomic E-state index is 0.0213. The smallest absolute Gasteiger partial charge is 0.230 e. The van der Waals surface area contributed by atoms with Crippen LogP contribution in [-0.4, -0.2) is 54.0 Å². The van der Waals surface area contributed by atoms with Gasteiger partial charge in [0.15, 0.2) is 0 Å². The summed E-state index contributed by atoms with van der Waals surface area (Å²) >= 11 is 0. The third-order valence-corrected chi connectivity index (χ3v) is 6.41. The summed E-state index contributed by atoms with van der Waals surface area (Å²) in [5.41, 5.74) is 3.16. The molecular weight excluding hydrogens is 414 g/mol. The second-order valence-corrected chi connectivity index (χ2v) is 9.28. The summed E-state index contributed by atoms with van der Waals surface area (Å²) in [4.78, 5) is 30.0. The van der Waals surface area contributed by atoms with Gasteiger partial charge in [-0.1, -0.05) is 65.3 Å². The first-order valence-electron chi connectivity index (χ1n) is 11.4. The zero-order valence-electron chi connectivity index (χ0n) is 19.6. The molecule has 1 aliphatic heterocycles. The minimum atomic E-state index is -0.724. The Hall–Kier alpha value is -3.41. The maximum absolute atomic E-state index is 13.4. The fraction of sp³-hybridized carbons (Fsp3) is 0.370. The molecule has 2 aromatic carbocycles. The standard InChI is InChI=1S/C27H31N3O3/c1-20-10-12-21(13-11-20)16-25(31)30-15-7-14-27(19-30,26(32)29(2)3)18-23-17-24(28-33-23)22-8-5-4-6-9-22/h4-6,8-13,17H,7,14-16,18-19H2,1-3H3/t27-/m0/s1. The van der Waals surface area contributed by atoms with E-state index in [0.29, 0.717) is 38.1 Å². The third-order valence-electron chi connectivity index (χ3n) is 6.41. The van der Waals surface area contributed by atoms with Crippen molar-refractivity contribution < 1.29 is 14.1 Å². The van der Waals surface area contributed by atoms with Gasteiger partial charge in [-0.2, -0.15) is 0 Å². The van der Waals surface area contributed by atoms with Crippen molar-refractivity contribution in [1.82, 2.24) is 15.0 Å². The van der Waals surface area contributed by atoms with E-state index in [1.54, 1.807) is 19.0 Å². The van der Waals surface area contributed by atoms with E-state index < -0.39 is 5.41 Å². The van der Waals surface area contributed by atoms with E-state index in [9.17, 15) is 9.59 Å². The Bertz CT molecular complexity index is 1110. The summed E-state index contributed by atoms with van der Waals surface area (Å²) < 4.78 is 5.66. The van der Waals surface area contributed by atoms with Crippen LogP contribution in [0.3, 0.4) is 0 Å². The van der Waals surface area contributed by atoms with Gasteiger partial charge in [-0.05, 0) is 25.3 Å². The number of hydrogen-bond acceptors (Lipinski definition) is 4. The number of hydrogen-bond donors (Lipinski definition) is 0. The number of rotatable bonds is 6. The van der Waals surface area contributed by atoms with Gasteiger partial charge in [0, 0.05) is 45.2 Å². The van der Waals surface area contributed by atoms with Gasteiger partial charge in [0.2, 0.25) is 11.8 Å². The first-order chi connectivity index (χ1) is 15.9. The molecule has 1 aliphatic rings. The van der Waals surface area contributed by atoms with E-state index in [0.717, 1.165) is 23.2 Å². The molecule has 0 bridgehead atoms. The van der Waals surface area contributed by atoms with Gasteiger partial charge in [-0.25, -0.2) is 0 Å². The normalized spacial score (nSPS) is 18.2. The predicted molar refractivity (Wildman–Crippen MR) is 127 cm³/mol. The molecule has 1 saturated heterocycles. The van der Waals surface area contributed by atoms with Crippen LogP contribution in [0.1, 0.15) is 29.7 Å². The van der Waals surface area contributed by atoms with Crippen molar-refractivity contribution in [1.29, 1.82) is 0 Å². The lowest BCUT2D eigenvalue weighted by Gasteiger charge is -2.42. The quantitative estimate of drug-likeness (QED) is 0.572. The number of piperidine rings is 1. The molecule has 6 heteroatoms. The Morgan fingerprint density at radius 3 is 2.52 bits per heavy atom. The molecule has 172 valence electrons. The molecule has 0 spiro atoms. The van der Waals surface area contributed by atoms with Gasteiger partial charge in [0.1, 0.15) is 11.5 Å². The highest BCUT2D eigenvalue weighted by atomic mass is 16.5. The number of benzene rings is 2. The topological polar surface area (TPSA) is 66.7 Å². The molecule has 2 heterocycles.